The molecular formula is C19H26N4O5. The molecule has 1 aliphatic rings. The van der Waals surface area contributed by atoms with E-state index in [-0.39, 0.29) is 12.5 Å². The summed E-state index contributed by atoms with van der Waals surface area (Å²) in [5.41, 5.74) is 2.88. The van der Waals surface area contributed by atoms with Crippen molar-refractivity contribution in [2.45, 2.75) is 19.8 Å². The number of ether oxygens (including phenoxy) is 2. The monoisotopic (exact) mass is 390 g/mol. The summed E-state index contributed by atoms with van der Waals surface area (Å²) in [6, 6.07) is 6.86. The van der Waals surface area contributed by atoms with Gasteiger partial charge in [-0.3, -0.25) is 14.4 Å². The van der Waals surface area contributed by atoms with Crippen LogP contribution < -0.4 is 15.5 Å². The van der Waals surface area contributed by atoms with Gasteiger partial charge in [0, 0.05) is 19.6 Å². The van der Waals surface area contributed by atoms with Gasteiger partial charge >= 0.3 is 11.8 Å². The molecule has 0 saturated carbocycles. The van der Waals surface area contributed by atoms with Gasteiger partial charge in [0.25, 0.3) is 5.91 Å². The normalized spacial score (nSPS) is 14.0. The van der Waals surface area contributed by atoms with Crippen molar-refractivity contribution in [1.82, 2.24) is 15.6 Å². The predicted octanol–water partition coefficient (Wildman–Crippen LogP) is 0.291. The van der Waals surface area contributed by atoms with Crippen LogP contribution in [0.15, 0.2) is 29.4 Å². The highest BCUT2D eigenvalue weighted by Crippen LogP contribution is 2.11. The molecule has 2 N–H and O–H groups in total. The van der Waals surface area contributed by atoms with Gasteiger partial charge in [0.2, 0.25) is 0 Å². The van der Waals surface area contributed by atoms with E-state index in [1.807, 2.05) is 6.92 Å². The molecule has 0 unspecified atom stereocenters. The molecule has 9 nitrogen and oxygen atoms in total. The first-order chi connectivity index (χ1) is 13.6. The molecule has 1 aliphatic heterocycles. The van der Waals surface area contributed by atoms with E-state index < -0.39 is 11.8 Å². The van der Waals surface area contributed by atoms with Gasteiger partial charge in [-0.25, -0.2) is 5.43 Å². The molecule has 152 valence electrons. The van der Waals surface area contributed by atoms with E-state index in [0.717, 1.165) is 12.8 Å². The number of carbonyl (C=O) groups is 3. The van der Waals surface area contributed by atoms with Crippen LogP contribution in [0.5, 0.6) is 5.75 Å². The van der Waals surface area contributed by atoms with Crippen LogP contribution in [0.3, 0.4) is 0 Å². The number of amides is 3. The molecule has 9 heteroatoms. The minimum Gasteiger partial charge on any atom is -0.484 e. The van der Waals surface area contributed by atoms with Gasteiger partial charge in [-0.15, -0.1) is 0 Å². The Bertz CT molecular complexity index is 684. The van der Waals surface area contributed by atoms with Crippen molar-refractivity contribution >= 4 is 23.9 Å². The van der Waals surface area contributed by atoms with E-state index in [4.69, 9.17) is 9.47 Å². The number of nitrogens with zero attached hydrogens (tertiary/aromatic N) is 2. The molecule has 0 atom stereocenters. The van der Waals surface area contributed by atoms with Crippen molar-refractivity contribution < 1.29 is 23.9 Å². The lowest BCUT2D eigenvalue weighted by atomic mass is 10.2. The van der Waals surface area contributed by atoms with Gasteiger partial charge < -0.3 is 19.7 Å². The highest BCUT2D eigenvalue weighted by molar-refractivity contribution is 6.35. The third kappa shape index (κ3) is 7.36. The third-order valence-electron chi connectivity index (χ3n) is 4.01. The van der Waals surface area contributed by atoms with Crippen LogP contribution in [0.25, 0.3) is 0 Å². The van der Waals surface area contributed by atoms with Gasteiger partial charge in [-0.05, 0) is 36.2 Å². The van der Waals surface area contributed by atoms with E-state index in [1.165, 1.54) is 6.21 Å². The zero-order valence-corrected chi connectivity index (χ0v) is 16.0. The van der Waals surface area contributed by atoms with Crippen molar-refractivity contribution in [3.05, 3.63) is 29.8 Å². The number of hydrogen-bond donors (Lipinski definition) is 2. The minimum absolute atomic E-state index is 0.0311. The molecule has 0 aliphatic carbocycles. The van der Waals surface area contributed by atoms with Gasteiger partial charge in [0.15, 0.2) is 6.61 Å². The van der Waals surface area contributed by atoms with Crippen LogP contribution in [0, 0.1) is 0 Å². The fourth-order valence-electron chi connectivity index (χ4n) is 2.37. The summed E-state index contributed by atoms with van der Waals surface area (Å²) in [7, 11) is 0. The Morgan fingerprint density at radius 3 is 2.57 bits per heavy atom. The van der Waals surface area contributed by atoms with Gasteiger partial charge in [0.05, 0.1) is 19.4 Å². The van der Waals surface area contributed by atoms with Crippen LogP contribution in [-0.2, 0) is 19.1 Å². The van der Waals surface area contributed by atoms with Crippen LogP contribution in [0.2, 0.25) is 0 Å². The predicted molar refractivity (Wildman–Crippen MR) is 103 cm³/mol. The summed E-state index contributed by atoms with van der Waals surface area (Å²) in [5, 5.41) is 6.26. The molecule has 1 aromatic rings. The third-order valence-corrected chi connectivity index (χ3v) is 4.01. The number of hydrazone groups is 1. The highest BCUT2D eigenvalue weighted by Gasteiger charge is 2.17. The minimum atomic E-state index is -0.811. The first-order valence-corrected chi connectivity index (χ1v) is 9.29. The SMILES string of the molecule is CCCCNC(=O)C(=O)N/N=C\c1ccc(OCC(=O)N2CCOCC2)cc1. The molecular weight excluding hydrogens is 364 g/mol. The Labute approximate surface area is 164 Å². The van der Waals surface area contributed by atoms with E-state index in [0.29, 0.717) is 44.2 Å². The fraction of sp³-hybridized carbons (Fsp3) is 0.474. The summed E-state index contributed by atoms with van der Waals surface area (Å²) in [6.07, 6.45) is 3.16. The lowest BCUT2D eigenvalue weighted by Crippen LogP contribution is -2.42. The average Bonchev–Trinajstić information content (AvgIpc) is 2.73. The lowest BCUT2D eigenvalue weighted by Gasteiger charge is -2.26. The molecule has 1 saturated heterocycles. The molecule has 0 bridgehead atoms. The number of carbonyl (C=O) groups excluding carboxylic acids is 3. The molecule has 2 rings (SSSR count). The van der Waals surface area contributed by atoms with Crippen molar-refractivity contribution in [3.63, 3.8) is 0 Å². The van der Waals surface area contributed by atoms with Crippen molar-refractivity contribution in [2.75, 3.05) is 39.5 Å². The maximum Gasteiger partial charge on any atom is 0.329 e. The topological polar surface area (TPSA) is 109 Å². The summed E-state index contributed by atoms with van der Waals surface area (Å²) in [6.45, 7) is 4.70. The molecule has 1 fully saturated rings. The molecule has 1 heterocycles. The number of benzene rings is 1. The van der Waals surface area contributed by atoms with E-state index in [9.17, 15) is 14.4 Å². The number of nitrogens with one attached hydrogen (secondary N) is 2. The van der Waals surface area contributed by atoms with Crippen molar-refractivity contribution in [3.8, 4) is 5.75 Å². The standard InChI is InChI=1S/C19H26N4O5/c1-2-3-8-20-18(25)19(26)22-21-13-15-4-6-16(7-5-15)28-14-17(24)23-9-11-27-12-10-23/h4-7,13H,2-3,8-12,14H2,1H3,(H,20,25)(H,22,26)/b21-13-. The second-order valence-electron chi connectivity index (χ2n) is 6.16. The second kappa shape index (κ2) is 11.7. The maximum absolute atomic E-state index is 12.0. The zero-order valence-electron chi connectivity index (χ0n) is 16.0. The molecule has 0 aromatic heterocycles. The average molecular weight is 390 g/mol. The summed E-state index contributed by atoms with van der Waals surface area (Å²) < 4.78 is 10.7. The Balaban J connectivity index is 1.72. The Morgan fingerprint density at radius 1 is 1.18 bits per heavy atom. The van der Waals surface area contributed by atoms with Crippen LogP contribution in [-0.4, -0.2) is 68.3 Å². The maximum atomic E-state index is 12.0. The summed E-state index contributed by atoms with van der Waals surface area (Å²) in [4.78, 5) is 36.8. The first-order valence-electron chi connectivity index (χ1n) is 9.29. The van der Waals surface area contributed by atoms with Crippen molar-refractivity contribution in [2.24, 2.45) is 5.10 Å². The zero-order chi connectivity index (χ0) is 20.2. The van der Waals surface area contributed by atoms with E-state index in [1.54, 1.807) is 29.2 Å². The lowest BCUT2D eigenvalue weighted by molar-refractivity contribution is -0.139. The van der Waals surface area contributed by atoms with Crippen LogP contribution in [0.4, 0.5) is 0 Å². The summed E-state index contributed by atoms with van der Waals surface area (Å²) in [5.74, 6) is -1.04. The van der Waals surface area contributed by atoms with Gasteiger partial charge in [0.1, 0.15) is 5.75 Å². The van der Waals surface area contributed by atoms with Crippen LogP contribution in [0.1, 0.15) is 25.3 Å². The van der Waals surface area contributed by atoms with Gasteiger partial charge in [-0.1, -0.05) is 13.3 Å². The smallest absolute Gasteiger partial charge is 0.329 e. The first kappa shape index (κ1) is 21.4. The number of unbranched alkanes of at least 4 members (excludes halogenated alkanes) is 1. The largest absolute Gasteiger partial charge is 0.484 e. The Kier molecular flexibility index (Phi) is 8.93. The second-order valence-corrected chi connectivity index (χ2v) is 6.16. The Hall–Kier alpha value is -2.94. The van der Waals surface area contributed by atoms with E-state index in [2.05, 4.69) is 15.8 Å². The molecule has 0 radical (unpaired) electrons. The number of hydrogen-bond acceptors (Lipinski definition) is 6. The number of morpholine rings is 1. The van der Waals surface area contributed by atoms with Crippen molar-refractivity contribution in [1.29, 1.82) is 0 Å². The molecule has 0 spiro atoms. The highest BCUT2D eigenvalue weighted by atomic mass is 16.5. The quantitative estimate of drug-likeness (QED) is 0.287. The van der Waals surface area contributed by atoms with Crippen LogP contribution >= 0.6 is 0 Å². The Morgan fingerprint density at radius 2 is 1.89 bits per heavy atom. The molecule has 3 amide bonds. The van der Waals surface area contributed by atoms with Gasteiger partial charge in [-0.2, -0.15) is 5.10 Å². The molecule has 1 aromatic carbocycles. The molecule has 28 heavy (non-hydrogen) atoms. The fourth-order valence-corrected chi connectivity index (χ4v) is 2.37. The summed E-state index contributed by atoms with van der Waals surface area (Å²) >= 11 is 0. The number of rotatable bonds is 8. The van der Waals surface area contributed by atoms with E-state index >= 15 is 0 Å².